The number of amides is 1. The van der Waals surface area contributed by atoms with Crippen LogP contribution in [-0.2, 0) is 9.53 Å². The van der Waals surface area contributed by atoms with E-state index in [1.165, 1.54) is 56.2 Å². The Morgan fingerprint density at radius 2 is 1.92 bits per heavy atom. The van der Waals surface area contributed by atoms with Gasteiger partial charge in [-0.25, -0.2) is 0 Å². The number of ether oxygens (including phenoxy) is 1. The monoisotopic (exact) mass is 531 g/mol. The van der Waals surface area contributed by atoms with E-state index < -0.39 is 0 Å². The predicted molar refractivity (Wildman–Crippen MR) is 156 cm³/mol. The van der Waals surface area contributed by atoms with Crippen molar-refractivity contribution in [3.8, 4) is 0 Å². The number of thiocarbonyl (C=S) groups is 1. The van der Waals surface area contributed by atoms with E-state index in [0.717, 1.165) is 22.6 Å². The zero-order valence-corrected chi connectivity index (χ0v) is 23.5. The molecule has 1 aliphatic heterocycles. The maximum absolute atomic E-state index is 12.1. The summed E-state index contributed by atoms with van der Waals surface area (Å²) in [5, 5.41) is 7.18. The lowest BCUT2D eigenvalue weighted by molar-refractivity contribution is -0.119. The number of hydrogen-bond donors (Lipinski definition) is 2. The summed E-state index contributed by atoms with van der Waals surface area (Å²) in [4.78, 5) is 19.0. The van der Waals surface area contributed by atoms with Gasteiger partial charge in [0, 0.05) is 42.1 Å². The molecule has 2 unspecified atom stereocenters. The van der Waals surface area contributed by atoms with Crippen LogP contribution in [0.4, 0.5) is 11.4 Å². The lowest BCUT2D eigenvalue weighted by Gasteiger charge is -2.30. The van der Waals surface area contributed by atoms with Gasteiger partial charge in [-0.15, -0.1) is 0 Å². The Kier molecular flexibility index (Phi) is 7.81. The van der Waals surface area contributed by atoms with Gasteiger partial charge in [0.1, 0.15) is 6.61 Å². The number of pyridine rings is 1. The zero-order chi connectivity index (χ0) is 26.8. The largest absolute Gasteiger partial charge is 0.375 e. The van der Waals surface area contributed by atoms with Crippen molar-refractivity contribution in [2.75, 3.05) is 23.9 Å². The lowest BCUT2D eigenvalue weighted by atomic mass is 9.94. The first-order valence-corrected chi connectivity index (χ1v) is 13.9. The second-order valence-corrected chi connectivity index (χ2v) is 10.9. The number of carbonyl (C=O) groups excluding carboxylic acids is 1. The van der Waals surface area contributed by atoms with Crippen LogP contribution in [-0.4, -0.2) is 34.3 Å². The molecule has 3 aromatic rings. The Balaban J connectivity index is 1.56. The van der Waals surface area contributed by atoms with Crippen LogP contribution in [0.25, 0.3) is 0 Å². The van der Waals surface area contributed by atoms with Gasteiger partial charge in [0.25, 0.3) is 0 Å². The van der Waals surface area contributed by atoms with Crippen molar-refractivity contribution in [1.29, 1.82) is 0 Å². The number of rotatable bonds is 7. The minimum absolute atomic E-state index is 0.0196. The Morgan fingerprint density at radius 1 is 1.13 bits per heavy atom. The summed E-state index contributed by atoms with van der Waals surface area (Å²) >= 11 is 5.96. The molecule has 2 N–H and O–H groups in total. The number of aromatic nitrogens is 2. The molecular formula is C30H37N5O2S. The number of anilines is 2. The average Bonchev–Trinajstić information content (AvgIpc) is 3.41. The van der Waals surface area contributed by atoms with Crippen LogP contribution in [0, 0.1) is 20.8 Å². The molecule has 8 heteroatoms. The molecule has 0 bridgehead atoms. The molecule has 7 nitrogen and oxygen atoms in total. The quantitative estimate of drug-likeness (QED) is 0.360. The maximum Gasteiger partial charge on any atom is 0.250 e. The van der Waals surface area contributed by atoms with Gasteiger partial charge in [0.15, 0.2) is 5.11 Å². The molecular weight excluding hydrogens is 494 g/mol. The molecule has 1 aliphatic carbocycles. The van der Waals surface area contributed by atoms with Gasteiger partial charge in [-0.2, -0.15) is 0 Å². The van der Waals surface area contributed by atoms with Crippen molar-refractivity contribution in [2.45, 2.75) is 71.0 Å². The lowest BCUT2D eigenvalue weighted by Crippen LogP contribution is -2.30. The average molecular weight is 532 g/mol. The highest BCUT2D eigenvalue weighted by Gasteiger charge is 2.42. The van der Waals surface area contributed by atoms with Crippen molar-refractivity contribution >= 4 is 34.6 Å². The van der Waals surface area contributed by atoms with Gasteiger partial charge in [-0.1, -0.05) is 25.3 Å². The fourth-order valence-electron chi connectivity index (χ4n) is 6.21. The van der Waals surface area contributed by atoms with Crippen LogP contribution in [0.15, 0.2) is 48.7 Å². The maximum atomic E-state index is 12.1. The summed E-state index contributed by atoms with van der Waals surface area (Å²) in [6.07, 6.45) is 8.23. The summed E-state index contributed by atoms with van der Waals surface area (Å²) in [7, 11) is 1.51. The molecule has 2 fully saturated rings. The minimum Gasteiger partial charge on any atom is -0.375 e. The third kappa shape index (κ3) is 5.07. The van der Waals surface area contributed by atoms with Gasteiger partial charge in [0.05, 0.1) is 17.8 Å². The van der Waals surface area contributed by atoms with Crippen molar-refractivity contribution in [2.24, 2.45) is 0 Å². The molecule has 2 aliphatic rings. The molecule has 38 heavy (non-hydrogen) atoms. The fourth-order valence-corrected chi connectivity index (χ4v) is 6.55. The van der Waals surface area contributed by atoms with Crippen molar-refractivity contribution in [1.82, 2.24) is 14.9 Å². The third-order valence-corrected chi connectivity index (χ3v) is 8.23. The van der Waals surface area contributed by atoms with Gasteiger partial charge < -0.3 is 24.8 Å². The van der Waals surface area contributed by atoms with Crippen LogP contribution < -0.4 is 15.5 Å². The van der Waals surface area contributed by atoms with E-state index in [1.54, 1.807) is 0 Å². The van der Waals surface area contributed by atoms with Crippen molar-refractivity contribution in [3.63, 3.8) is 0 Å². The number of aryl methyl sites for hydroxylation is 2. The van der Waals surface area contributed by atoms with Crippen molar-refractivity contribution in [3.05, 3.63) is 76.9 Å². The van der Waals surface area contributed by atoms with Crippen LogP contribution in [0.3, 0.4) is 0 Å². The van der Waals surface area contributed by atoms with Crippen LogP contribution >= 0.6 is 12.2 Å². The highest BCUT2D eigenvalue weighted by molar-refractivity contribution is 7.80. The number of carbonyl (C=O) groups is 1. The number of methoxy groups -OCH3 is 1. The molecule has 1 saturated heterocycles. The number of benzene rings is 1. The SMILES string of the molecule is COCC(=O)Nc1ccc(N2C(=S)NC(c3ccccn3)C2c2cc(C)n(C3CCCCC3)c2C)cc1C. The molecule has 1 saturated carbocycles. The first-order valence-electron chi connectivity index (χ1n) is 13.5. The second kappa shape index (κ2) is 11.3. The van der Waals surface area contributed by atoms with E-state index in [9.17, 15) is 4.79 Å². The first-order chi connectivity index (χ1) is 18.4. The van der Waals surface area contributed by atoms with E-state index in [1.807, 2.05) is 37.4 Å². The number of hydrogen-bond acceptors (Lipinski definition) is 4. The Labute approximate surface area is 230 Å². The van der Waals surface area contributed by atoms with E-state index >= 15 is 0 Å². The Morgan fingerprint density at radius 3 is 2.61 bits per heavy atom. The molecule has 3 heterocycles. The van der Waals surface area contributed by atoms with E-state index in [4.69, 9.17) is 21.9 Å². The Bertz CT molecular complexity index is 1320. The van der Waals surface area contributed by atoms with Crippen LogP contribution in [0.2, 0.25) is 0 Å². The summed E-state index contributed by atoms with van der Waals surface area (Å²) in [5.41, 5.74) is 7.54. The highest BCUT2D eigenvalue weighted by Crippen LogP contribution is 2.45. The third-order valence-electron chi connectivity index (χ3n) is 7.92. The first kappa shape index (κ1) is 26.4. The molecule has 200 valence electrons. The summed E-state index contributed by atoms with van der Waals surface area (Å²) in [5.74, 6) is -0.176. The second-order valence-electron chi connectivity index (χ2n) is 10.5. The van der Waals surface area contributed by atoms with Gasteiger partial charge in [-0.05, 0) is 93.4 Å². The molecule has 2 aromatic heterocycles. The molecule has 1 amide bonds. The van der Waals surface area contributed by atoms with Crippen LogP contribution in [0.5, 0.6) is 0 Å². The molecule has 0 radical (unpaired) electrons. The highest BCUT2D eigenvalue weighted by atomic mass is 32.1. The molecule has 2 atom stereocenters. The topological polar surface area (TPSA) is 71.4 Å². The van der Waals surface area contributed by atoms with E-state index in [0.29, 0.717) is 11.2 Å². The van der Waals surface area contributed by atoms with E-state index in [2.05, 4.69) is 52.1 Å². The fraction of sp³-hybridized carbons (Fsp3) is 0.433. The summed E-state index contributed by atoms with van der Waals surface area (Å²) in [6.45, 7) is 6.50. The van der Waals surface area contributed by atoms with Crippen LogP contribution in [0.1, 0.15) is 78.4 Å². The molecule has 0 spiro atoms. The molecule has 5 rings (SSSR count). The number of nitrogens with zero attached hydrogens (tertiary/aromatic N) is 3. The normalized spacial score (nSPS) is 20.0. The standard InChI is InChI=1S/C30H37N5O2S/c1-19-16-23(13-14-25(19)32-27(36)18-37-4)35-29(28(33-30(35)38)26-12-8-9-15-31-26)24-17-20(2)34(21(24)3)22-10-6-5-7-11-22/h8-9,12-17,22,28-29H,5-7,10-11,18H2,1-4H3,(H,32,36)(H,33,38). The van der Waals surface area contributed by atoms with Gasteiger partial charge >= 0.3 is 0 Å². The summed E-state index contributed by atoms with van der Waals surface area (Å²) in [6, 6.07) is 14.8. The Hall–Kier alpha value is -3.23. The zero-order valence-electron chi connectivity index (χ0n) is 22.7. The predicted octanol–water partition coefficient (Wildman–Crippen LogP) is 6.08. The van der Waals surface area contributed by atoms with E-state index in [-0.39, 0.29) is 24.6 Å². The molecule has 1 aromatic carbocycles. The minimum atomic E-state index is -0.176. The van der Waals surface area contributed by atoms with Crippen molar-refractivity contribution < 1.29 is 9.53 Å². The smallest absolute Gasteiger partial charge is 0.250 e. The van der Waals surface area contributed by atoms with Gasteiger partial charge in [-0.3, -0.25) is 9.78 Å². The summed E-state index contributed by atoms with van der Waals surface area (Å²) < 4.78 is 7.52. The van der Waals surface area contributed by atoms with Gasteiger partial charge in [0.2, 0.25) is 5.91 Å². The number of nitrogens with one attached hydrogen (secondary N) is 2.